The molecular formula is C44H53F3N6O8S2. The first-order chi connectivity index (χ1) is 29.5. The van der Waals surface area contributed by atoms with E-state index in [0.29, 0.717) is 68.1 Å². The van der Waals surface area contributed by atoms with E-state index in [1.165, 1.54) is 16.2 Å². The minimum atomic E-state index is -4.92. The van der Waals surface area contributed by atoms with Gasteiger partial charge in [0.05, 0.1) is 17.0 Å². The highest BCUT2D eigenvalue weighted by Crippen LogP contribution is 2.48. The lowest BCUT2D eigenvalue weighted by atomic mass is 9.88. The van der Waals surface area contributed by atoms with Gasteiger partial charge in [-0.3, -0.25) is 19.1 Å². The van der Waals surface area contributed by atoms with Crippen LogP contribution in [0, 0.1) is 24.7 Å². The third-order valence-corrected chi connectivity index (χ3v) is 15.6. The van der Waals surface area contributed by atoms with Crippen molar-refractivity contribution in [1.29, 1.82) is 0 Å². The third kappa shape index (κ3) is 9.88. The Morgan fingerprint density at radius 3 is 2.40 bits per heavy atom. The quantitative estimate of drug-likeness (QED) is 0.192. The Labute approximate surface area is 368 Å². The minimum Gasteiger partial charge on any atom is -0.488 e. The smallest absolute Gasteiger partial charge is 0.427 e. The molecule has 3 N–H and O–H groups in total. The highest BCUT2D eigenvalue weighted by Gasteiger charge is 2.63. The maximum Gasteiger partial charge on any atom is 0.427 e. The summed E-state index contributed by atoms with van der Waals surface area (Å²) in [5, 5.41) is 7.66. The number of halogens is 3. The van der Waals surface area contributed by atoms with Crippen LogP contribution < -0.4 is 20.1 Å². The molecule has 1 saturated heterocycles. The molecule has 3 aromatic rings. The van der Waals surface area contributed by atoms with Crippen LogP contribution in [0.4, 0.5) is 18.0 Å². The lowest BCUT2D eigenvalue weighted by molar-refractivity contribution is -0.244. The van der Waals surface area contributed by atoms with Gasteiger partial charge in [-0.25, -0.2) is 23.2 Å². The lowest BCUT2D eigenvalue weighted by Gasteiger charge is -2.34. The Balaban J connectivity index is 1.24. The van der Waals surface area contributed by atoms with Crippen LogP contribution in [0.15, 0.2) is 60.1 Å². The number of carbonyl (C=O) groups excluding carboxylic acids is 4. The summed E-state index contributed by atoms with van der Waals surface area (Å²) in [5.41, 5.74) is -1.61. The molecule has 0 bridgehead atoms. The number of aromatic nitrogens is 2. The average molecular weight is 915 g/mol. The first-order valence-electron chi connectivity index (χ1n) is 21.1. The molecule has 4 heterocycles. The van der Waals surface area contributed by atoms with E-state index >= 15 is 0 Å². The summed E-state index contributed by atoms with van der Waals surface area (Å²) in [6, 6.07) is 8.38. The number of hydrogen-bond donors (Lipinski definition) is 3. The van der Waals surface area contributed by atoms with Gasteiger partial charge in [0.1, 0.15) is 40.2 Å². The summed E-state index contributed by atoms with van der Waals surface area (Å²) in [6.07, 6.45) is 0.320. The summed E-state index contributed by atoms with van der Waals surface area (Å²) in [7, 11) is -4.09. The number of amides is 4. The number of hydrogen-bond acceptors (Lipinski definition) is 11. The maximum atomic E-state index is 14.9. The van der Waals surface area contributed by atoms with Crippen LogP contribution in [0.3, 0.4) is 0 Å². The Morgan fingerprint density at radius 1 is 1.05 bits per heavy atom. The van der Waals surface area contributed by atoms with Gasteiger partial charge < -0.3 is 25.0 Å². The van der Waals surface area contributed by atoms with Crippen molar-refractivity contribution in [2.45, 2.75) is 127 Å². The number of benzene rings is 1. The molecule has 1 aromatic carbocycles. The van der Waals surface area contributed by atoms with E-state index in [9.17, 15) is 40.8 Å². The molecule has 7 rings (SSSR count). The van der Waals surface area contributed by atoms with E-state index in [1.807, 2.05) is 49.6 Å². The molecule has 3 fully saturated rings. The van der Waals surface area contributed by atoms with Gasteiger partial charge >= 0.3 is 12.3 Å². The zero-order chi connectivity index (χ0) is 45.7. The highest BCUT2D eigenvalue weighted by atomic mass is 32.2. The van der Waals surface area contributed by atoms with E-state index in [2.05, 4.69) is 20.3 Å². The van der Waals surface area contributed by atoms with Gasteiger partial charge in [0.25, 0.3) is 5.91 Å². The van der Waals surface area contributed by atoms with Gasteiger partial charge in [-0.2, -0.15) is 13.2 Å². The van der Waals surface area contributed by atoms with Crippen molar-refractivity contribution in [3.63, 3.8) is 0 Å². The monoisotopic (exact) mass is 914 g/mol. The van der Waals surface area contributed by atoms with Gasteiger partial charge in [0.2, 0.25) is 27.4 Å². The second kappa shape index (κ2) is 17.2. The number of pyridine rings is 1. The second-order valence-corrected chi connectivity index (χ2v) is 21.3. The number of nitrogens with zero attached hydrogens (tertiary/aromatic N) is 3. The Kier molecular flexibility index (Phi) is 12.5. The molecule has 0 spiro atoms. The standard InChI is InChI=1S/C44H53F3N6O8S2/c1-25-11-13-28(14-12-25)32-20-30(21-33(49-32)37-48-17-18-62-37)60-31-22-34-36(54)51-43(39(56)52-63(58,59)42(6)15-16-42)23-29(43)10-8-7-9-26(2)19-27(3)35(38(55)53(34)24-31)50-40(57)61-41(4,5)44(45,46)47/h8,10-14,17-18,20-21,26-27,29,31,34-35H,7,9,15-16,19,22-24H2,1-6H3,(H,50,57)(H,51,54)(H,52,56)/b10-8-/t26-,27-,29-,31-,34+,35+,43-/m1/s1. The highest BCUT2D eigenvalue weighted by molar-refractivity contribution is 7.91. The number of thiazole rings is 1. The molecule has 2 aliphatic carbocycles. The minimum absolute atomic E-state index is 0.0436. The van der Waals surface area contributed by atoms with Crippen LogP contribution in [0.25, 0.3) is 22.0 Å². The number of aryl methyl sites for hydroxylation is 1. The fourth-order valence-corrected chi connectivity index (χ4v) is 10.1. The normalized spacial score (nSPS) is 28.0. The van der Waals surface area contributed by atoms with Gasteiger partial charge in [-0.1, -0.05) is 55.8 Å². The molecule has 14 nitrogen and oxygen atoms in total. The van der Waals surface area contributed by atoms with E-state index in [1.54, 1.807) is 38.3 Å². The fourth-order valence-electron chi connectivity index (χ4n) is 8.14. The molecule has 0 unspecified atom stereocenters. The van der Waals surface area contributed by atoms with Crippen LogP contribution >= 0.6 is 11.3 Å². The lowest BCUT2D eigenvalue weighted by Crippen LogP contribution is -2.59. The summed E-state index contributed by atoms with van der Waals surface area (Å²) < 4.78 is 80.6. The molecular weight excluding hydrogens is 862 g/mol. The molecule has 0 radical (unpaired) electrons. The van der Waals surface area contributed by atoms with Crippen LogP contribution in [-0.4, -0.2) is 93.9 Å². The molecule has 2 aromatic heterocycles. The number of sulfonamides is 1. The second-order valence-electron chi connectivity index (χ2n) is 18.3. The number of rotatable bonds is 9. The molecule has 19 heteroatoms. The predicted molar refractivity (Wildman–Crippen MR) is 229 cm³/mol. The molecule has 4 aliphatic rings. The van der Waals surface area contributed by atoms with E-state index in [0.717, 1.165) is 11.1 Å². The van der Waals surface area contributed by atoms with Crippen molar-refractivity contribution < 1.29 is 50.2 Å². The Hall–Kier alpha value is -5.04. The summed E-state index contributed by atoms with van der Waals surface area (Å²) in [5.74, 6) is -3.33. The maximum absolute atomic E-state index is 14.9. The number of ether oxygens (including phenoxy) is 2. The topological polar surface area (TPSA) is 186 Å². The molecule has 63 heavy (non-hydrogen) atoms. The first-order valence-corrected chi connectivity index (χ1v) is 23.4. The summed E-state index contributed by atoms with van der Waals surface area (Å²) >= 11 is 1.37. The van der Waals surface area contributed by atoms with E-state index in [4.69, 9.17) is 14.5 Å². The molecule has 2 saturated carbocycles. The van der Waals surface area contributed by atoms with Gasteiger partial charge in [0, 0.05) is 41.6 Å². The largest absolute Gasteiger partial charge is 0.488 e. The molecule has 7 atom stereocenters. The Morgan fingerprint density at radius 2 is 1.75 bits per heavy atom. The van der Waals surface area contributed by atoms with E-state index < -0.39 is 85.9 Å². The molecule has 340 valence electrons. The van der Waals surface area contributed by atoms with Crippen molar-refractivity contribution >= 4 is 45.2 Å². The van der Waals surface area contributed by atoms with Crippen molar-refractivity contribution in [2.75, 3.05) is 6.54 Å². The van der Waals surface area contributed by atoms with E-state index in [-0.39, 0.29) is 25.3 Å². The predicted octanol–water partition coefficient (Wildman–Crippen LogP) is 6.85. The number of alkyl carbamates (subject to hydrolysis) is 1. The summed E-state index contributed by atoms with van der Waals surface area (Å²) in [4.78, 5) is 67.3. The SMILES string of the molecule is Cc1ccc(-c2cc(O[C@@H]3C[C@H]4C(=O)N[C@]5(C(=O)NS(=O)(=O)C6(C)CC6)C[C@H]5/C=C\CC[C@@H](C)C[C@@H](C)[C@H](NC(=O)OC(C)(C)C(F)(F)F)C(=O)N4C3)cc(-c3nccs3)n2)cc1. The van der Waals surface area contributed by atoms with Crippen molar-refractivity contribution in [2.24, 2.45) is 17.8 Å². The van der Waals surface area contributed by atoms with Crippen LogP contribution in [0.2, 0.25) is 0 Å². The summed E-state index contributed by atoms with van der Waals surface area (Å²) in [6.45, 7) is 8.34. The first kappa shape index (κ1) is 46.0. The van der Waals surface area contributed by atoms with Crippen LogP contribution in [0.5, 0.6) is 5.75 Å². The van der Waals surface area contributed by atoms with Crippen molar-refractivity contribution in [1.82, 2.24) is 30.2 Å². The zero-order valence-corrected chi connectivity index (χ0v) is 37.6. The van der Waals surface area contributed by atoms with Crippen LogP contribution in [0.1, 0.15) is 85.1 Å². The molecule has 4 amide bonds. The average Bonchev–Trinajstić information content (AvgIpc) is 3.95. The Bertz CT molecular complexity index is 2370. The van der Waals surface area contributed by atoms with Crippen molar-refractivity contribution in [3.05, 3.63) is 65.7 Å². The number of carbonyl (C=O) groups is 4. The number of fused-ring (bicyclic) bond motifs is 2. The zero-order valence-electron chi connectivity index (χ0n) is 36.0. The number of nitrogens with one attached hydrogen (secondary N) is 3. The number of allylic oxidation sites excluding steroid dienone is 1. The van der Waals surface area contributed by atoms with Gasteiger partial charge in [0.15, 0.2) is 0 Å². The molecule has 2 aliphatic heterocycles. The van der Waals surface area contributed by atoms with Gasteiger partial charge in [-0.15, -0.1) is 11.3 Å². The third-order valence-electron chi connectivity index (χ3n) is 12.7. The van der Waals surface area contributed by atoms with Crippen LogP contribution in [-0.2, 0) is 29.1 Å². The fraction of sp³-hybridized carbons (Fsp3) is 0.545. The number of alkyl halides is 3. The van der Waals surface area contributed by atoms with Gasteiger partial charge in [-0.05, 0) is 78.1 Å². The van der Waals surface area contributed by atoms with Crippen molar-refractivity contribution in [3.8, 4) is 27.7 Å².